The third kappa shape index (κ3) is 4.15. The molecule has 34 heavy (non-hydrogen) atoms. The molecule has 0 aliphatic rings. The molecule has 0 aliphatic heterocycles. The van der Waals surface area contributed by atoms with Crippen molar-refractivity contribution in [3.8, 4) is 5.75 Å². The quantitative estimate of drug-likeness (QED) is 0.332. The van der Waals surface area contributed by atoms with E-state index < -0.39 is 11.7 Å². The van der Waals surface area contributed by atoms with Gasteiger partial charge in [-0.3, -0.25) is 9.78 Å². The van der Waals surface area contributed by atoms with Crippen LogP contribution in [0.4, 0.5) is 13.2 Å². The summed E-state index contributed by atoms with van der Waals surface area (Å²) in [5.74, 6) is 0.431. The van der Waals surface area contributed by atoms with E-state index >= 15 is 0 Å². The van der Waals surface area contributed by atoms with Gasteiger partial charge in [0.15, 0.2) is 5.43 Å². The lowest BCUT2D eigenvalue weighted by Gasteiger charge is -2.10. The molecule has 1 N–H and O–H groups in total. The smallest absolute Gasteiger partial charge is 0.416 e. The van der Waals surface area contributed by atoms with E-state index in [0.717, 1.165) is 17.7 Å². The molecule has 3 heterocycles. The fraction of sp³-hybridized carbons (Fsp3) is 0.200. The van der Waals surface area contributed by atoms with Gasteiger partial charge in [0, 0.05) is 54.4 Å². The van der Waals surface area contributed by atoms with Gasteiger partial charge in [-0.2, -0.15) is 13.2 Å². The van der Waals surface area contributed by atoms with Crippen molar-refractivity contribution in [1.82, 2.24) is 9.38 Å². The Hall–Kier alpha value is -3.36. The second-order valence-electron chi connectivity index (χ2n) is 7.91. The maximum atomic E-state index is 13.4. The predicted octanol–water partition coefficient (Wildman–Crippen LogP) is 5.23. The standard InChI is InChI=1S/C25H19F3N2O3.ClH/c26-25(27,28)17-4-5-19-20-11-18(33-8-2-7-31)12-21-23(20)30(22(19)10-17)14-16(24(21)32)9-15-3-1-6-29-13-15;/h1,3-6,10-14,31H,2,7-9H2;1H. The molecule has 0 fully saturated rings. The molecule has 9 heteroatoms. The Kier molecular flexibility index (Phi) is 6.38. The van der Waals surface area contributed by atoms with Crippen LogP contribution in [0.5, 0.6) is 5.75 Å². The molecule has 2 aromatic carbocycles. The van der Waals surface area contributed by atoms with Crippen molar-refractivity contribution < 1.29 is 23.0 Å². The van der Waals surface area contributed by atoms with Crippen LogP contribution in [0.15, 0.2) is 65.8 Å². The van der Waals surface area contributed by atoms with Crippen molar-refractivity contribution in [2.24, 2.45) is 0 Å². The van der Waals surface area contributed by atoms with Gasteiger partial charge in [0.1, 0.15) is 5.75 Å². The normalized spacial score (nSPS) is 11.9. The Morgan fingerprint density at radius 1 is 1.06 bits per heavy atom. The molecule has 5 aromatic rings. The van der Waals surface area contributed by atoms with E-state index in [9.17, 15) is 18.0 Å². The van der Waals surface area contributed by atoms with Crippen LogP contribution in [-0.4, -0.2) is 27.7 Å². The van der Waals surface area contributed by atoms with Crippen molar-refractivity contribution >= 4 is 39.6 Å². The minimum Gasteiger partial charge on any atom is -0.493 e. The maximum Gasteiger partial charge on any atom is 0.416 e. The third-order valence-corrected chi connectivity index (χ3v) is 5.71. The van der Waals surface area contributed by atoms with E-state index in [2.05, 4.69) is 4.98 Å². The lowest BCUT2D eigenvalue weighted by molar-refractivity contribution is -0.137. The van der Waals surface area contributed by atoms with Gasteiger partial charge in [-0.1, -0.05) is 12.1 Å². The molecule has 0 amide bonds. The zero-order chi connectivity index (χ0) is 23.2. The average Bonchev–Trinajstić information content (AvgIpc) is 3.11. The van der Waals surface area contributed by atoms with E-state index in [0.29, 0.717) is 51.3 Å². The van der Waals surface area contributed by atoms with Gasteiger partial charge in [-0.05, 0) is 35.9 Å². The molecule has 3 aromatic heterocycles. The first kappa shape index (κ1) is 23.8. The Morgan fingerprint density at radius 2 is 1.85 bits per heavy atom. The second kappa shape index (κ2) is 9.12. The molecule has 5 nitrogen and oxygen atoms in total. The number of aromatic nitrogens is 2. The van der Waals surface area contributed by atoms with E-state index in [1.807, 2.05) is 6.07 Å². The summed E-state index contributed by atoms with van der Waals surface area (Å²) in [6, 6.07) is 10.6. The summed E-state index contributed by atoms with van der Waals surface area (Å²) < 4.78 is 47.7. The summed E-state index contributed by atoms with van der Waals surface area (Å²) in [7, 11) is 0. The SMILES string of the molecule is Cl.O=c1c(Cc2cccnc2)cn2c3cc(C(F)(F)F)ccc3c3cc(OCCCO)cc1c32. The van der Waals surface area contributed by atoms with Crippen LogP contribution >= 0.6 is 12.4 Å². The number of fused-ring (bicyclic) bond motifs is 3. The number of hydrogen-bond acceptors (Lipinski definition) is 4. The summed E-state index contributed by atoms with van der Waals surface area (Å²) >= 11 is 0. The monoisotopic (exact) mass is 488 g/mol. The predicted molar refractivity (Wildman–Crippen MR) is 126 cm³/mol. The number of ether oxygens (including phenoxy) is 1. The van der Waals surface area contributed by atoms with Crippen LogP contribution in [-0.2, 0) is 12.6 Å². The van der Waals surface area contributed by atoms with Crippen molar-refractivity contribution in [1.29, 1.82) is 0 Å². The Labute approximate surface area is 198 Å². The number of nitrogens with zero attached hydrogens (tertiary/aromatic N) is 2. The van der Waals surface area contributed by atoms with Crippen LogP contribution in [0.1, 0.15) is 23.1 Å². The van der Waals surface area contributed by atoms with Crippen molar-refractivity contribution in [3.63, 3.8) is 0 Å². The fourth-order valence-electron chi connectivity index (χ4n) is 4.21. The molecule has 0 unspecified atom stereocenters. The number of alkyl halides is 3. The summed E-state index contributed by atoms with van der Waals surface area (Å²) in [4.78, 5) is 17.5. The number of hydrogen-bond donors (Lipinski definition) is 1. The summed E-state index contributed by atoms with van der Waals surface area (Å²) in [6.45, 7) is 0.219. The Bertz CT molecular complexity index is 1520. The number of aliphatic hydroxyl groups excluding tert-OH is 1. The minimum absolute atomic E-state index is 0. The number of rotatable bonds is 6. The molecule has 5 rings (SSSR count). The molecule has 176 valence electrons. The first-order valence-electron chi connectivity index (χ1n) is 10.4. The number of benzene rings is 2. The van der Waals surface area contributed by atoms with Gasteiger partial charge in [0.05, 0.1) is 28.6 Å². The van der Waals surface area contributed by atoms with Gasteiger partial charge in [-0.15, -0.1) is 12.4 Å². The van der Waals surface area contributed by atoms with Crippen molar-refractivity contribution in [3.05, 3.63) is 88.0 Å². The topological polar surface area (TPSA) is 63.8 Å². The molecule has 0 saturated carbocycles. The highest BCUT2D eigenvalue weighted by molar-refractivity contribution is 6.14. The lowest BCUT2D eigenvalue weighted by atomic mass is 10.0. The molecule has 0 spiro atoms. The summed E-state index contributed by atoms with van der Waals surface area (Å²) in [6.07, 6.45) is 1.14. The van der Waals surface area contributed by atoms with Crippen LogP contribution in [0, 0.1) is 0 Å². The molecule has 0 radical (unpaired) electrons. The maximum absolute atomic E-state index is 13.4. The van der Waals surface area contributed by atoms with Gasteiger partial charge in [0.2, 0.25) is 0 Å². The number of pyridine rings is 2. The highest BCUT2D eigenvalue weighted by atomic mass is 35.5. The van der Waals surface area contributed by atoms with Crippen molar-refractivity contribution in [2.75, 3.05) is 13.2 Å². The molecule has 0 bridgehead atoms. The van der Waals surface area contributed by atoms with Crippen LogP contribution in [0.2, 0.25) is 0 Å². The second-order valence-corrected chi connectivity index (χ2v) is 7.91. The summed E-state index contributed by atoms with van der Waals surface area (Å²) in [5.41, 5.74) is 1.22. The Balaban J connectivity index is 0.00000274. The van der Waals surface area contributed by atoms with Crippen LogP contribution < -0.4 is 10.2 Å². The molecular weight excluding hydrogens is 469 g/mol. The van der Waals surface area contributed by atoms with E-state index in [1.165, 1.54) is 6.07 Å². The summed E-state index contributed by atoms with van der Waals surface area (Å²) in [5, 5.41) is 10.6. The minimum atomic E-state index is -4.49. The van der Waals surface area contributed by atoms with Gasteiger partial charge in [0.25, 0.3) is 0 Å². The number of halogens is 4. The highest BCUT2D eigenvalue weighted by Gasteiger charge is 2.31. The van der Waals surface area contributed by atoms with Gasteiger partial charge in [-0.25, -0.2) is 0 Å². The number of aliphatic hydroxyl groups is 1. The van der Waals surface area contributed by atoms with Crippen LogP contribution in [0.3, 0.4) is 0 Å². The molecule has 0 aliphatic carbocycles. The molecule has 0 atom stereocenters. The van der Waals surface area contributed by atoms with Gasteiger partial charge < -0.3 is 14.2 Å². The van der Waals surface area contributed by atoms with E-state index in [-0.39, 0.29) is 31.0 Å². The Morgan fingerprint density at radius 3 is 2.56 bits per heavy atom. The zero-order valence-electron chi connectivity index (χ0n) is 17.8. The zero-order valence-corrected chi connectivity index (χ0v) is 18.6. The van der Waals surface area contributed by atoms with E-state index in [1.54, 1.807) is 41.2 Å². The van der Waals surface area contributed by atoms with Crippen LogP contribution in [0.25, 0.3) is 27.2 Å². The largest absolute Gasteiger partial charge is 0.493 e. The van der Waals surface area contributed by atoms with E-state index in [4.69, 9.17) is 9.84 Å². The van der Waals surface area contributed by atoms with Crippen molar-refractivity contribution in [2.45, 2.75) is 19.0 Å². The first-order valence-corrected chi connectivity index (χ1v) is 10.4. The van der Waals surface area contributed by atoms with Gasteiger partial charge >= 0.3 is 6.18 Å². The fourth-order valence-corrected chi connectivity index (χ4v) is 4.21. The highest BCUT2D eigenvalue weighted by Crippen LogP contribution is 2.38. The lowest BCUT2D eigenvalue weighted by Crippen LogP contribution is -2.12. The molecule has 0 saturated heterocycles. The molecular formula is C25H20ClF3N2O3. The average molecular weight is 489 g/mol. The third-order valence-electron chi connectivity index (χ3n) is 5.71. The first-order chi connectivity index (χ1) is 15.9.